The number of carbonyl (C=O) groups is 5. The normalized spacial score (nSPS) is 14.5. The number of carboxylic acids is 2. The van der Waals surface area contributed by atoms with E-state index >= 15 is 0 Å². The lowest BCUT2D eigenvalue weighted by molar-refractivity contribution is -0.139. The quantitative estimate of drug-likeness (QED) is 0.136. The number of carboxylic acid groups (broad SMARTS) is 2. The number of benzene rings is 2. The Morgan fingerprint density at radius 3 is 2.16 bits per heavy atom. The second kappa shape index (κ2) is 16.4. The predicted molar refractivity (Wildman–Crippen MR) is 177 cm³/mol. The number of alkyl carbamates (subject to hydrolysis) is 1. The number of Topliss-reactive ketones (excluding diaryl/α,β-unsaturated/α-hetero) is 1. The molecule has 260 valence electrons. The zero-order valence-corrected chi connectivity index (χ0v) is 27.9. The average molecular weight is 715 g/mol. The van der Waals surface area contributed by atoms with Crippen LogP contribution in [0.1, 0.15) is 48.4 Å². The van der Waals surface area contributed by atoms with Crippen LogP contribution in [0.3, 0.4) is 0 Å². The molecule has 1 aliphatic rings. The van der Waals surface area contributed by atoms with Crippen molar-refractivity contribution in [2.75, 3.05) is 12.9 Å². The zero-order chi connectivity index (χ0) is 35.7. The van der Waals surface area contributed by atoms with Gasteiger partial charge in [0.05, 0.1) is 30.7 Å². The van der Waals surface area contributed by atoms with E-state index in [-0.39, 0.29) is 25.4 Å². The van der Waals surface area contributed by atoms with Gasteiger partial charge in [-0.05, 0) is 34.8 Å². The number of aliphatic carboxylic acids is 2. The molecule has 1 aromatic heterocycles. The molecule has 0 aliphatic heterocycles. The van der Waals surface area contributed by atoms with Crippen LogP contribution in [0, 0.1) is 5.92 Å². The van der Waals surface area contributed by atoms with Gasteiger partial charge < -0.3 is 30.6 Å². The summed E-state index contributed by atoms with van der Waals surface area (Å²) in [7, 11) is -3.91. The average Bonchev–Trinajstić information content (AvgIpc) is 3.66. The number of rotatable bonds is 17. The summed E-state index contributed by atoms with van der Waals surface area (Å²) in [4.78, 5) is 69.7. The molecule has 0 radical (unpaired) electrons. The zero-order valence-electron chi connectivity index (χ0n) is 26.3. The molecule has 1 heterocycles. The van der Waals surface area contributed by atoms with E-state index in [1.54, 1.807) is 0 Å². The highest BCUT2D eigenvalue weighted by Gasteiger charge is 2.32. The van der Waals surface area contributed by atoms with E-state index < -0.39 is 81.2 Å². The number of nitrogens with zero attached hydrogens (tertiary/aromatic N) is 1. The second-order valence-corrected chi connectivity index (χ2v) is 14.2. The maximum Gasteiger partial charge on any atom is 0.407 e. The van der Waals surface area contributed by atoms with E-state index in [1.165, 1.54) is 12.5 Å². The molecule has 4 rings (SSSR count). The molecule has 16 heteroatoms. The number of H-pyrrole nitrogens is 1. The Bertz CT molecular complexity index is 1800. The van der Waals surface area contributed by atoms with E-state index in [0.717, 1.165) is 34.6 Å². The fourth-order valence-electron chi connectivity index (χ4n) is 5.59. The first-order valence-corrected chi connectivity index (χ1v) is 17.4. The van der Waals surface area contributed by atoms with Crippen molar-refractivity contribution < 1.29 is 47.3 Å². The summed E-state index contributed by atoms with van der Waals surface area (Å²) in [6.07, 6.45) is 1.41. The minimum absolute atomic E-state index is 0.0565. The molecule has 0 spiro atoms. The highest BCUT2D eigenvalue weighted by molar-refractivity contribution is 7.96. The van der Waals surface area contributed by atoms with Crippen molar-refractivity contribution in [3.05, 3.63) is 88.3 Å². The predicted octanol–water partition coefficient (Wildman–Crippen LogP) is 3.38. The van der Waals surface area contributed by atoms with Gasteiger partial charge in [-0.15, -0.1) is 0 Å². The van der Waals surface area contributed by atoms with E-state index in [2.05, 4.69) is 20.6 Å². The lowest BCUT2D eigenvalue weighted by Gasteiger charge is -2.23. The molecule has 0 bridgehead atoms. The first kappa shape index (κ1) is 36.8. The summed E-state index contributed by atoms with van der Waals surface area (Å²) < 4.78 is 28.5. The minimum atomic E-state index is -3.91. The largest absolute Gasteiger partial charge is 0.481 e. The lowest BCUT2D eigenvalue weighted by atomic mass is 9.91. The molecule has 5 N–H and O–H groups in total. The van der Waals surface area contributed by atoms with Crippen LogP contribution in [0.4, 0.5) is 4.79 Å². The highest BCUT2D eigenvalue weighted by atomic mass is 35.5. The summed E-state index contributed by atoms with van der Waals surface area (Å²) in [6.45, 7) is -0.0565. The first-order valence-electron chi connectivity index (χ1n) is 15.2. The lowest BCUT2D eigenvalue weighted by Crippen LogP contribution is -2.45. The van der Waals surface area contributed by atoms with Crippen molar-refractivity contribution in [3.8, 4) is 11.1 Å². The Hall–Kier alpha value is -5.02. The molecule has 0 fully saturated rings. The third kappa shape index (κ3) is 10.2. The fourth-order valence-corrected chi connectivity index (χ4v) is 6.15. The van der Waals surface area contributed by atoms with Crippen LogP contribution in [0.2, 0.25) is 0 Å². The number of sulfone groups is 1. The molecule has 49 heavy (non-hydrogen) atoms. The summed E-state index contributed by atoms with van der Waals surface area (Å²) in [5.74, 6) is -5.52. The molecule has 2 amide bonds. The number of aromatic nitrogens is 2. The van der Waals surface area contributed by atoms with Crippen LogP contribution in [-0.2, 0) is 40.2 Å². The summed E-state index contributed by atoms with van der Waals surface area (Å²) in [5.41, 5.74) is 4.41. The van der Waals surface area contributed by atoms with Gasteiger partial charge in [0.1, 0.15) is 11.0 Å². The third-order valence-corrected chi connectivity index (χ3v) is 9.73. The molecule has 0 saturated heterocycles. The fraction of sp³-hybridized carbons (Fsp3) is 0.333. The Kier molecular flexibility index (Phi) is 12.3. The van der Waals surface area contributed by atoms with Crippen LogP contribution < -0.4 is 10.6 Å². The summed E-state index contributed by atoms with van der Waals surface area (Å²) in [6, 6.07) is 12.7. The van der Waals surface area contributed by atoms with Crippen LogP contribution in [0.15, 0.2) is 71.5 Å². The van der Waals surface area contributed by atoms with Gasteiger partial charge in [0.2, 0.25) is 5.91 Å². The van der Waals surface area contributed by atoms with Gasteiger partial charge >= 0.3 is 18.0 Å². The molecule has 3 atom stereocenters. The van der Waals surface area contributed by atoms with Gasteiger partial charge in [-0.3, -0.25) is 19.2 Å². The van der Waals surface area contributed by atoms with Crippen LogP contribution in [-0.4, -0.2) is 83.3 Å². The van der Waals surface area contributed by atoms with Gasteiger partial charge in [0.15, 0.2) is 15.6 Å². The topological polar surface area (TPSA) is 222 Å². The van der Waals surface area contributed by atoms with E-state index in [9.17, 15) is 42.6 Å². The molecule has 14 nitrogen and oxygen atoms in total. The number of ketones is 1. The van der Waals surface area contributed by atoms with Gasteiger partial charge in [0.25, 0.3) is 0 Å². The Labute approximate surface area is 286 Å². The molecular formula is C33H35ClN4O10S. The molecular weight excluding hydrogens is 680 g/mol. The van der Waals surface area contributed by atoms with Crippen LogP contribution in [0.25, 0.3) is 11.1 Å². The Morgan fingerprint density at radius 1 is 0.980 bits per heavy atom. The molecule has 0 unspecified atom stereocenters. The smallest absolute Gasteiger partial charge is 0.407 e. The Morgan fingerprint density at radius 2 is 1.61 bits per heavy atom. The van der Waals surface area contributed by atoms with Crippen LogP contribution in [0.5, 0.6) is 0 Å². The number of hydrogen-bond donors (Lipinski definition) is 5. The minimum Gasteiger partial charge on any atom is -0.481 e. The van der Waals surface area contributed by atoms with E-state index in [1.807, 2.05) is 48.5 Å². The number of ether oxygens (including phenoxy) is 1. The van der Waals surface area contributed by atoms with E-state index in [0.29, 0.717) is 5.69 Å². The number of fused-ring (bicyclic) bond motifs is 3. The van der Waals surface area contributed by atoms with E-state index in [4.69, 9.17) is 16.3 Å². The molecule has 3 aromatic rings. The van der Waals surface area contributed by atoms with Crippen molar-refractivity contribution in [3.63, 3.8) is 0 Å². The summed E-state index contributed by atoms with van der Waals surface area (Å²) in [5, 5.41) is 23.5. The Balaban J connectivity index is 1.49. The third-order valence-electron chi connectivity index (χ3n) is 7.92. The van der Waals surface area contributed by atoms with Crippen molar-refractivity contribution in [2.24, 2.45) is 5.92 Å². The van der Waals surface area contributed by atoms with Gasteiger partial charge in [-0.2, -0.15) is 0 Å². The standard InChI is InChI=1S/C33H35ClN4O10S/c1-49(46,47)29(34)14-20(15-31(42)43)37-32(44)19(12-21-16-35-18-36-21)13-28(39)27(10-11-30(40)41)38-33(45)48-17-26-24-8-4-2-6-22(24)23-7-3-5-9-25(23)26/h2-9,14,16,18-20,26-27H,10-13,15,17H2,1H3,(H,35,36)(H,37,44)(H,38,45)(H,40,41)(H,42,43)/b29-14+/t19-,20+,27-/m0/s1. The highest BCUT2D eigenvalue weighted by Crippen LogP contribution is 2.44. The number of amides is 2. The van der Waals surface area contributed by atoms with Crippen molar-refractivity contribution in [1.82, 2.24) is 20.6 Å². The van der Waals surface area contributed by atoms with Crippen molar-refractivity contribution >= 4 is 51.2 Å². The SMILES string of the molecule is CS(=O)(=O)/C(Cl)=C/[C@H](CC(=O)O)NC(=O)[C@H](CC(=O)[C@H](CCC(=O)O)NC(=O)OCC1c2ccccc2-c2ccccc21)Cc1cnc[nH]1. The number of nitrogens with one attached hydrogen (secondary N) is 3. The number of hydrogen-bond acceptors (Lipinski definition) is 9. The van der Waals surface area contributed by atoms with Gasteiger partial charge in [-0.1, -0.05) is 60.1 Å². The number of aromatic amines is 1. The van der Waals surface area contributed by atoms with Crippen molar-refractivity contribution in [1.29, 1.82) is 0 Å². The van der Waals surface area contributed by atoms with Gasteiger partial charge in [0, 0.05) is 43.3 Å². The molecule has 0 saturated carbocycles. The van der Waals surface area contributed by atoms with Gasteiger partial charge in [-0.25, -0.2) is 18.2 Å². The number of imidazole rings is 1. The number of halogens is 1. The monoisotopic (exact) mass is 714 g/mol. The second-order valence-electron chi connectivity index (χ2n) is 11.6. The van der Waals surface area contributed by atoms with Crippen LogP contribution >= 0.6 is 11.6 Å². The molecule has 2 aromatic carbocycles. The number of carbonyl (C=O) groups excluding carboxylic acids is 3. The maximum absolute atomic E-state index is 13.6. The van der Waals surface area contributed by atoms with Crippen molar-refractivity contribution in [2.45, 2.75) is 50.1 Å². The first-order chi connectivity index (χ1) is 23.2. The summed E-state index contributed by atoms with van der Waals surface area (Å²) >= 11 is 5.83. The maximum atomic E-state index is 13.6. The molecule has 1 aliphatic carbocycles.